The van der Waals surface area contributed by atoms with E-state index >= 15 is 0 Å². The van der Waals surface area contributed by atoms with Gasteiger partial charge in [0, 0.05) is 11.1 Å². The van der Waals surface area contributed by atoms with Crippen LogP contribution in [-0.2, 0) is 30.3 Å². The van der Waals surface area contributed by atoms with E-state index in [1.165, 1.54) is 48.5 Å². The third-order valence-corrected chi connectivity index (χ3v) is 8.69. The van der Waals surface area contributed by atoms with Crippen molar-refractivity contribution in [3.8, 4) is 5.75 Å². The van der Waals surface area contributed by atoms with Gasteiger partial charge in [-0.1, -0.05) is 36.4 Å². The van der Waals surface area contributed by atoms with E-state index in [1.807, 2.05) is 0 Å². The second kappa shape index (κ2) is 10.8. The smallest absolute Gasteiger partial charge is 0.296 e. The summed E-state index contributed by atoms with van der Waals surface area (Å²) in [6.45, 7) is 1.64. The number of nitrogens with zero attached hydrogens (tertiary/aromatic N) is 2. The monoisotopic (exact) mass is 603 g/mol. The maximum absolute atomic E-state index is 12.7. The Morgan fingerprint density at radius 2 is 1.45 bits per heavy atom. The van der Waals surface area contributed by atoms with Gasteiger partial charge in [-0.05, 0) is 66.4 Å². The van der Waals surface area contributed by atoms with Gasteiger partial charge < -0.3 is 5.11 Å². The minimum atomic E-state index is -4.99. The molecule has 0 bridgehead atoms. The second-order valence-corrected chi connectivity index (χ2v) is 12.8. The highest BCUT2D eigenvalue weighted by Gasteiger charge is 2.23. The van der Waals surface area contributed by atoms with Gasteiger partial charge in [-0.3, -0.25) is 13.8 Å². The molecule has 40 heavy (non-hydrogen) atoms. The molecule has 4 aromatic carbocycles. The zero-order valence-electron chi connectivity index (χ0n) is 20.5. The Balaban J connectivity index is 1.81. The van der Waals surface area contributed by atoms with Crippen molar-refractivity contribution in [1.29, 1.82) is 0 Å². The average molecular weight is 604 g/mol. The zero-order chi connectivity index (χ0) is 29.3. The number of azo groups is 1. The zero-order valence-corrected chi connectivity index (χ0v) is 22.9. The van der Waals surface area contributed by atoms with Crippen molar-refractivity contribution >= 4 is 64.2 Å². The SMILES string of the molecule is CC=Cc1ccc(N=Nc2c(S(=O)(=O)O)cc3cc(NS(=O)(=O)c4ccccc4)ccc3c2O)cc1S(=O)(=O)O. The van der Waals surface area contributed by atoms with Crippen molar-refractivity contribution in [2.75, 3.05) is 4.72 Å². The maximum Gasteiger partial charge on any atom is 0.296 e. The summed E-state index contributed by atoms with van der Waals surface area (Å²) in [5.41, 5.74) is -0.564. The molecule has 0 spiro atoms. The van der Waals surface area contributed by atoms with Crippen LogP contribution in [0.4, 0.5) is 17.1 Å². The average Bonchev–Trinajstić information content (AvgIpc) is 2.88. The molecular weight excluding hydrogens is 582 g/mol. The Labute approximate surface area is 229 Å². The summed E-state index contributed by atoms with van der Waals surface area (Å²) >= 11 is 0. The molecule has 4 N–H and O–H groups in total. The van der Waals surface area contributed by atoms with Crippen LogP contribution in [0.3, 0.4) is 0 Å². The molecule has 4 rings (SSSR count). The maximum atomic E-state index is 12.7. The first-order chi connectivity index (χ1) is 18.7. The fraction of sp³-hybridized carbons (Fsp3) is 0.0400. The van der Waals surface area contributed by atoms with Crippen LogP contribution in [0.15, 0.2) is 104 Å². The van der Waals surface area contributed by atoms with Crippen LogP contribution in [0.1, 0.15) is 12.5 Å². The number of phenols is 1. The van der Waals surface area contributed by atoms with E-state index < -0.39 is 51.5 Å². The number of anilines is 1. The standard InChI is InChI=1S/C25H21N3O9S3/c1-2-6-16-9-10-18(15-22(16)39(32,33)34)26-27-24-23(40(35,36)37)14-17-13-19(11-12-21(17)25(24)29)28-38(30,31)20-7-4-3-5-8-20/h2-15,28-29H,1H3,(H,32,33,34)(H,35,36,37). The van der Waals surface area contributed by atoms with Crippen LogP contribution in [-0.4, -0.2) is 39.5 Å². The number of benzene rings is 4. The fourth-order valence-electron chi connectivity index (χ4n) is 3.76. The van der Waals surface area contributed by atoms with Gasteiger partial charge in [-0.2, -0.15) is 21.9 Å². The quantitative estimate of drug-likeness (QED) is 0.153. The van der Waals surface area contributed by atoms with E-state index in [4.69, 9.17) is 0 Å². The highest BCUT2D eigenvalue weighted by atomic mass is 32.2. The van der Waals surface area contributed by atoms with Gasteiger partial charge in [0.05, 0.1) is 10.6 Å². The van der Waals surface area contributed by atoms with Gasteiger partial charge in [0.1, 0.15) is 15.5 Å². The van der Waals surface area contributed by atoms with E-state index in [0.29, 0.717) is 0 Å². The molecule has 208 valence electrons. The summed E-state index contributed by atoms with van der Waals surface area (Å²) in [4.78, 5) is -1.33. The van der Waals surface area contributed by atoms with Crippen molar-refractivity contribution in [3.05, 3.63) is 84.4 Å². The summed E-state index contributed by atoms with van der Waals surface area (Å²) in [5.74, 6) is -0.702. The van der Waals surface area contributed by atoms with Gasteiger partial charge >= 0.3 is 0 Å². The van der Waals surface area contributed by atoms with E-state index in [9.17, 15) is 39.5 Å². The number of hydrogen-bond acceptors (Lipinski definition) is 9. The van der Waals surface area contributed by atoms with Crippen LogP contribution in [0.2, 0.25) is 0 Å². The molecule has 0 atom stereocenters. The lowest BCUT2D eigenvalue weighted by atomic mass is 10.1. The Morgan fingerprint density at radius 1 is 0.775 bits per heavy atom. The van der Waals surface area contributed by atoms with Crippen LogP contribution in [0.25, 0.3) is 16.8 Å². The Kier molecular flexibility index (Phi) is 7.78. The molecule has 0 aliphatic rings. The van der Waals surface area contributed by atoms with Gasteiger partial charge in [-0.15, -0.1) is 5.11 Å². The lowest BCUT2D eigenvalue weighted by Gasteiger charge is -2.12. The number of aromatic hydroxyl groups is 1. The molecule has 0 amide bonds. The molecule has 0 aliphatic carbocycles. The number of fused-ring (bicyclic) bond motifs is 1. The molecular formula is C25H21N3O9S3. The van der Waals surface area contributed by atoms with Gasteiger partial charge in [0.2, 0.25) is 0 Å². The predicted octanol–water partition coefficient (Wildman–Crippen LogP) is 5.29. The Hall–Kier alpha value is -4.15. The molecule has 12 nitrogen and oxygen atoms in total. The van der Waals surface area contributed by atoms with Crippen molar-refractivity contribution in [2.45, 2.75) is 21.6 Å². The van der Waals surface area contributed by atoms with Crippen LogP contribution >= 0.6 is 0 Å². The topological polar surface area (TPSA) is 200 Å². The Bertz CT molecular complexity index is 2010. The first kappa shape index (κ1) is 28.8. The molecule has 15 heteroatoms. The normalized spacial score (nSPS) is 12.9. The van der Waals surface area contributed by atoms with Crippen molar-refractivity contribution in [1.82, 2.24) is 0 Å². The number of allylic oxidation sites excluding steroid dienone is 1. The first-order valence-corrected chi connectivity index (χ1v) is 15.6. The minimum absolute atomic E-state index is 0.0109. The second-order valence-electron chi connectivity index (χ2n) is 8.30. The van der Waals surface area contributed by atoms with Crippen LogP contribution in [0, 0.1) is 0 Å². The first-order valence-electron chi connectivity index (χ1n) is 11.2. The highest BCUT2D eigenvalue weighted by molar-refractivity contribution is 7.92. The van der Waals surface area contributed by atoms with Crippen molar-refractivity contribution < 1.29 is 39.5 Å². The summed E-state index contributed by atoms with van der Waals surface area (Å²) in [6, 6.07) is 16.0. The van der Waals surface area contributed by atoms with E-state index in [2.05, 4.69) is 15.0 Å². The molecule has 0 heterocycles. The third-order valence-electron chi connectivity index (χ3n) is 5.52. The molecule has 0 aromatic heterocycles. The number of nitrogens with one attached hydrogen (secondary N) is 1. The van der Waals surface area contributed by atoms with Gasteiger partial charge in [0.25, 0.3) is 30.3 Å². The van der Waals surface area contributed by atoms with Gasteiger partial charge in [-0.25, -0.2) is 8.42 Å². The molecule has 4 aromatic rings. The van der Waals surface area contributed by atoms with Crippen molar-refractivity contribution in [2.24, 2.45) is 10.2 Å². The fourth-order valence-corrected chi connectivity index (χ4v) is 6.19. The Morgan fingerprint density at radius 3 is 2.08 bits per heavy atom. The van der Waals surface area contributed by atoms with Gasteiger partial charge in [0.15, 0.2) is 5.75 Å². The molecule has 0 radical (unpaired) electrons. The lowest BCUT2D eigenvalue weighted by Crippen LogP contribution is -2.12. The van der Waals surface area contributed by atoms with Crippen LogP contribution in [0.5, 0.6) is 5.75 Å². The summed E-state index contributed by atoms with van der Waals surface area (Å²) < 4.78 is 95.0. The van der Waals surface area contributed by atoms with E-state index in [0.717, 1.165) is 12.1 Å². The summed E-state index contributed by atoms with van der Waals surface area (Å²) in [5, 5.41) is 18.5. The van der Waals surface area contributed by atoms with Crippen molar-refractivity contribution in [3.63, 3.8) is 0 Å². The van der Waals surface area contributed by atoms with E-state index in [1.54, 1.807) is 31.2 Å². The number of phenolic OH excluding ortho intramolecular Hbond substituents is 1. The van der Waals surface area contributed by atoms with Crippen LogP contribution < -0.4 is 4.72 Å². The molecule has 0 aliphatic heterocycles. The third kappa shape index (κ3) is 6.19. The largest absolute Gasteiger partial charge is 0.505 e. The number of sulfonamides is 1. The predicted molar refractivity (Wildman–Crippen MR) is 148 cm³/mol. The number of rotatable bonds is 8. The van der Waals surface area contributed by atoms with E-state index in [-0.39, 0.29) is 32.6 Å². The summed E-state index contributed by atoms with van der Waals surface area (Å²) in [6.07, 6.45) is 2.98. The lowest BCUT2D eigenvalue weighted by molar-refractivity contribution is 0.472. The molecule has 0 saturated carbocycles. The summed E-state index contributed by atoms with van der Waals surface area (Å²) in [7, 11) is -13.6. The molecule has 0 saturated heterocycles. The molecule has 0 fully saturated rings. The molecule has 0 unspecified atom stereocenters. The number of hydrogen-bond donors (Lipinski definition) is 4. The minimum Gasteiger partial charge on any atom is -0.505 e. The highest BCUT2D eigenvalue weighted by Crippen LogP contribution is 2.42.